The average Bonchev–Trinajstić information content (AvgIpc) is 2.35. The molecule has 0 aliphatic carbocycles. The lowest BCUT2D eigenvalue weighted by molar-refractivity contribution is -0.274. The Morgan fingerprint density at radius 1 is 1.37 bits per heavy atom. The summed E-state index contributed by atoms with van der Waals surface area (Å²) in [5.41, 5.74) is 2.99. The van der Waals surface area contributed by atoms with Crippen molar-refractivity contribution in [1.82, 2.24) is 4.98 Å². The number of rotatable bonds is 2. The molecule has 5 nitrogen and oxygen atoms in total. The molecule has 19 heavy (non-hydrogen) atoms. The van der Waals surface area contributed by atoms with Gasteiger partial charge in [-0.25, -0.2) is 0 Å². The number of alkyl halides is 3. The number of nitriles is 1. The van der Waals surface area contributed by atoms with Crippen LogP contribution in [0.15, 0.2) is 24.4 Å². The molecule has 0 aliphatic heterocycles. The van der Waals surface area contributed by atoms with Crippen LogP contribution in [0.4, 0.5) is 18.9 Å². The standard InChI is InChI=1S/C11H7F3N4O/c12-11(13,14)19-7-1-2-9-8(3-7)10(18-16)6(4-15)5-17-9/h1-3,5H,16H2,(H,17,18). The Balaban J connectivity index is 2.60. The predicted molar refractivity (Wildman–Crippen MR) is 61.0 cm³/mol. The molecule has 0 aliphatic rings. The number of benzene rings is 1. The van der Waals surface area contributed by atoms with E-state index in [-0.39, 0.29) is 16.6 Å². The van der Waals surface area contributed by atoms with E-state index < -0.39 is 12.1 Å². The second-order valence-corrected chi connectivity index (χ2v) is 3.53. The molecule has 98 valence electrons. The maximum atomic E-state index is 12.1. The molecule has 0 bridgehead atoms. The van der Waals surface area contributed by atoms with Gasteiger partial charge in [0.15, 0.2) is 0 Å². The van der Waals surface area contributed by atoms with Crippen LogP contribution in [0.25, 0.3) is 10.9 Å². The van der Waals surface area contributed by atoms with Crippen LogP contribution in [0.1, 0.15) is 5.56 Å². The summed E-state index contributed by atoms with van der Waals surface area (Å²) in [5.74, 6) is 4.87. The Bertz CT molecular complexity index is 663. The van der Waals surface area contributed by atoms with Crippen LogP contribution in [0.5, 0.6) is 5.75 Å². The number of hydrogen-bond donors (Lipinski definition) is 2. The van der Waals surface area contributed by atoms with Crippen molar-refractivity contribution in [1.29, 1.82) is 5.26 Å². The van der Waals surface area contributed by atoms with Crippen LogP contribution >= 0.6 is 0 Å². The Morgan fingerprint density at radius 2 is 2.11 bits per heavy atom. The number of nitrogens with one attached hydrogen (secondary N) is 1. The lowest BCUT2D eigenvalue weighted by Crippen LogP contribution is -2.17. The molecule has 0 saturated heterocycles. The third-order valence-electron chi connectivity index (χ3n) is 2.34. The Hall–Kier alpha value is -2.53. The maximum absolute atomic E-state index is 12.1. The Morgan fingerprint density at radius 3 is 2.68 bits per heavy atom. The fourth-order valence-electron chi connectivity index (χ4n) is 1.61. The van der Waals surface area contributed by atoms with E-state index in [1.807, 2.05) is 6.07 Å². The number of pyridine rings is 1. The fraction of sp³-hybridized carbons (Fsp3) is 0.0909. The normalized spacial score (nSPS) is 11.1. The van der Waals surface area contributed by atoms with Crippen molar-refractivity contribution in [2.45, 2.75) is 6.36 Å². The highest BCUT2D eigenvalue weighted by atomic mass is 19.4. The molecule has 8 heteroatoms. The van der Waals surface area contributed by atoms with Gasteiger partial charge in [-0.1, -0.05) is 0 Å². The van der Waals surface area contributed by atoms with Gasteiger partial charge in [0.2, 0.25) is 0 Å². The lowest BCUT2D eigenvalue weighted by atomic mass is 10.1. The zero-order chi connectivity index (χ0) is 14.0. The first kappa shape index (κ1) is 12.9. The summed E-state index contributed by atoms with van der Waals surface area (Å²) >= 11 is 0. The quantitative estimate of drug-likeness (QED) is 0.644. The molecule has 2 aromatic rings. The van der Waals surface area contributed by atoms with Gasteiger partial charge in [0, 0.05) is 11.6 Å². The summed E-state index contributed by atoms with van der Waals surface area (Å²) in [6.45, 7) is 0. The zero-order valence-electron chi connectivity index (χ0n) is 9.32. The third-order valence-corrected chi connectivity index (χ3v) is 2.34. The number of aromatic nitrogens is 1. The topological polar surface area (TPSA) is 84.0 Å². The minimum Gasteiger partial charge on any atom is -0.406 e. The van der Waals surface area contributed by atoms with Crippen molar-refractivity contribution in [3.05, 3.63) is 30.0 Å². The molecule has 1 aromatic heterocycles. The minimum atomic E-state index is -4.79. The van der Waals surface area contributed by atoms with Gasteiger partial charge in [0.05, 0.1) is 16.8 Å². The van der Waals surface area contributed by atoms with Crippen LogP contribution in [-0.4, -0.2) is 11.3 Å². The first-order valence-corrected chi connectivity index (χ1v) is 5.00. The van der Waals surface area contributed by atoms with Gasteiger partial charge in [-0.3, -0.25) is 10.8 Å². The van der Waals surface area contributed by atoms with Crippen molar-refractivity contribution in [3.63, 3.8) is 0 Å². The van der Waals surface area contributed by atoms with E-state index in [9.17, 15) is 13.2 Å². The molecule has 1 heterocycles. The first-order chi connectivity index (χ1) is 8.94. The van der Waals surface area contributed by atoms with Gasteiger partial charge >= 0.3 is 6.36 Å². The number of nitrogen functional groups attached to an aromatic ring is 1. The van der Waals surface area contributed by atoms with E-state index >= 15 is 0 Å². The molecule has 0 atom stereocenters. The summed E-state index contributed by atoms with van der Waals surface area (Å²) < 4.78 is 40.2. The SMILES string of the molecule is N#Cc1cnc2ccc(OC(F)(F)F)cc2c1NN. The van der Waals surface area contributed by atoms with Gasteiger partial charge in [-0.05, 0) is 18.2 Å². The van der Waals surface area contributed by atoms with Crippen LogP contribution in [0, 0.1) is 11.3 Å². The van der Waals surface area contributed by atoms with Crippen molar-refractivity contribution in [2.24, 2.45) is 5.84 Å². The summed E-state index contributed by atoms with van der Waals surface area (Å²) in [6.07, 6.45) is -3.51. The smallest absolute Gasteiger partial charge is 0.406 e. The van der Waals surface area contributed by atoms with Crippen molar-refractivity contribution >= 4 is 16.6 Å². The highest BCUT2D eigenvalue weighted by Gasteiger charge is 2.31. The first-order valence-electron chi connectivity index (χ1n) is 5.00. The van der Waals surface area contributed by atoms with Gasteiger partial charge in [0.1, 0.15) is 11.8 Å². The number of anilines is 1. The van der Waals surface area contributed by atoms with Gasteiger partial charge in [-0.2, -0.15) is 5.26 Å². The summed E-state index contributed by atoms with van der Waals surface area (Å²) in [7, 11) is 0. The largest absolute Gasteiger partial charge is 0.573 e. The molecule has 0 spiro atoms. The number of halogens is 3. The third kappa shape index (κ3) is 2.66. The van der Waals surface area contributed by atoms with Crippen LogP contribution in [-0.2, 0) is 0 Å². The van der Waals surface area contributed by atoms with Crippen LogP contribution < -0.4 is 16.0 Å². The summed E-state index contributed by atoms with van der Waals surface area (Å²) in [4.78, 5) is 3.94. The number of fused-ring (bicyclic) bond motifs is 1. The van der Waals surface area contributed by atoms with E-state index in [4.69, 9.17) is 11.1 Å². The number of nitrogens with two attached hydrogens (primary N) is 1. The van der Waals surface area contributed by atoms with Gasteiger partial charge < -0.3 is 10.2 Å². The van der Waals surface area contributed by atoms with Crippen molar-refractivity contribution < 1.29 is 17.9 Å². The second kappa shape index (κ2) is 4.62. The highest BCUT2D eigenvalue weighted by Crippen LogP contribution is 2.30. The molecule has 0 saturated carbocycles. The second-order valence-electron chi connectivity index (χ2n) is 3.53. The minimum absolute atomic E-state index is 0.124. The molecular weight excluding hydrogens is 261 g/mol. The number of hydrazine groups is 1. The van der Waals surface area contributed by atoms with Crippen molar-refractivity contribution in [2.75, 3.05) is 5.43 Å². The molecule has 0 unspecified atom stereocenters. The Labute approximate surface area is 105 Å². The molecular formula is C11H7F3N4O. The van der Waals surface area contributed by atoms with Gasteiger partial charge in [0.25, 0.3) is 0 Å². The Kier molecular flexibility index (Phi) is 3.14. The molecule has 0 amide bonds. The number of ether oxygens (including phenoxy) is 1. The van der Waals surface area contributed by atoms with Crippen LogP contribution in [0.2, 0.25) is 0 Å². The van der Waals surface area contributed by atoms with E-state index in [0.717, 1.165) is 12.1 Å². The highest BCUT2D eigenvalue weighted by molar-refractivity contribution is 5.94. The number of hydrogen-bond acceptors (Lipinski definition) is 5. The number of nitrogens with zero attached hydrogens (tertiary/aromatic N) is 2. The summed E-state index contributed by atoms with van der Waals surface area (Å²) in [5, 5.41) is 9.13. The molecule has 0 radical (unpaired) electrons. The zero-order valence-corrected chi connectivity index (χ0v) is 9.32. The average molecular weight is 268 g/mol. The fourth-order valence-corrected chi connectivity index (χ4v) is 1.61. The summed E-state index contributed by atoms with van der Waals surface area (Å²) in [6, 6.07) is 5.43. The molecule has 2 rings (SSSR count). The van der Waals surface area contributed by atoms with E-state index in [0.29, 0.717) is 5.52 Å². The predicted octanol–water partition coefficient (Wildman–Crippen LogP) is 2.29. The van der Waals surface area contributed by atoms with Gasteiger partial charge in [-0.15, -0.1) is 13.2 Å². The molecule has 1 aromatic carbocycles. The lowest BCUT2D eigenvalue weighted by Gasteiger charge is -2.11. The monoisotopic (exact) mass is 268 g/mol. The molecule has 3 N–H and O–H groups in total. The van der Waals surface area contributed by atoms with E-state index in [1.165, 1.54) is 12.3 Å². The molecule has 0 fully saturated rings. The maximum Gasteiger partial charge on any atom is 0.573 e. The van der Waals surface area contributed by atoms with Crippen molar-refractivity contribution in [3.8, 4) is 11.8 Å². The van der Waals surface area contributed by atoms with E-state index in [1.54, 1.807) is 0 Å². The van der Waals surface area contributed by atoms with E-state index in [2.05, 4.69) is 15.1 Å². The van der Waals surface area contributed by atoms with Crippen LogP contribution in [0.3, 0.4) is 0 Å².